The molecule has 0 aliphatic carbocycles. The number of aromatic nitrogens is 2. The summed E-state index contributed by atoms with van der Waals surface area (Å²) in [6.07, 6.45) is 4.10. The van der Waals surface area contributed by atoms with E-state index in [-0.39, 0.29) is 0 Å². The minimum Gasteiger partial charge on any atom is -0.368 e. The van der Waals surface area contributed by atoms with Gasteiger partial charge in [-0.05, 0) is 18.6 Å². The second kappa shape index (κ2) is 4.74. The number of benzene rings is 1. The summed E-state index contributed by atoms with van der Waals surface area (Å²) in [4.78, 5) is 9.17. The molecular formula is C17H16N4. The van der Waals surface area contributed by atoms with Gasteiger partial charge in [-0.3, -0.25) is 4.99 Å². The van der Waals surface area contributed by atoms with Gasteiger partial charge < -0.3 is 9.72 Å². The van der Waals surface area contributed by atoms with Gasteiger partial charge in [-0.25, -0.2) is 4.98 Å². The highest BCUT2D eigenvalue weighted by Crippen LogP contribution is 2.21. The Morgan fingerprint density at radius 3 is 2.62 bits per heavy atom. The lowest BCUT2D eigenvalue weighted by Gasteiger charge is -2.03. The zero-order valence-electron chi connectivity index (χ0n) is 11.9. The first-order chi connectivity index (χ1) is 10.3. The molecule has 0 amide bonds. The van der Waals surface area contributed by atoms with Gasteiger partial charge in [0.2, 0.25) is 0 Å². The maximum absolute atomic E-state index is 4.73. The maximum atomic E-state index is 4.73. The van der Waals surface area contributed by atoms with Gasteiger partial charge in [0.1, 0.15) is 11.5 Å². The number of aliphatic imine (C=N–C) groups is 1. The number of nitrogens with zero attached hydrogens (tertiary/aromatic N) is 3. The summed E-state index contributed by atoms with van der Waals surface area (Å²) in [6, 6.07) is 12.5. The quantitative estimate of drug-likeness (QED) is 0.782. The molecule has 0 radical (unpaired) electrons. The van der Waals surface area contributed by atoms with E-state index in [1.54, 1.807) is 0 Å². The number of pyridine rings is 1. The third-order valence-corrected chi connectivity index (χ3v) is 3.81. The Bertz CT molecular complexity index is 828. The van der Waals surface area contributed by atoms with Crippen molar-refractivity contribution >= 4 is 11.5 Å². The molecule has 4 heteroatoms. The molecule has 0 spiro atoms. The number of hydrogen-bond acceptors (Lipinski definition) is 3. The zero-order valence-corrected chi connectivity index (χ0v) is 11.9. The molecule has 0 unspecified atom stereocenters. The molecule has 2 aromatic heterocycles. The van der Waals surface area contributed by atoms with Crippen molar-refractivity contribution in [2.24, 2.45) is 4.99 Å². The standard InChI is InChI=1S/C17H16N4/c1-12-3-2-10-21-11-15(20-17(12)21)13-4-6-14(7-5-13)16-18-8-9-19-16/h2-7,10-11H,8-9H2,1H3,(H,18,19). The van der Waals surface area contributed by atoms with Crippen LogP contribution in [0.15, 0.2) is 53.8 Å². The van der Waals surface area contributed by atoms with Crippen LogP contribution in [0.5, 0.6) is 0 Å². The van der Waals surface area contributed by atoms with Crippen molar-refractivity contribution in [3.8, 4) is 11.3 Å². The molecule has 1 aromatic carbocycles. The number of aryl methyl sites for hydroxylation is 1. The summed E-state index contributed by atoms with van der Waals surface area (Å²) in [7, 11) is 0. The van der Waals surface area contributed by atoms with Crippen molar-refractivity contribution in [1.29, 1.82) is 0 Å². The summed E-state index contributed by atoms with van der Waals surface area (Å²) in [5.41, 5.74) is 5.46. The van der Waals surface area contributed by atoms with E-state index in [4.69, 9.17) is 4.98 Å². The Balaban J connectivity index is 1.73. The van der Waals surface area contributed by atoms with Crippen LogP contribution in [0.2, 0.25) is 0 Å². The summed E-state index contributed by atoms with van der Waals surface area (Å²) in [5, 5.41) is 3.29. The zero-order chi connectivity index (χ0) is 14.2. The van der Waals surface area contributed by atoms with Crippen LogP contribution in [0.4, 0.5) is 0 Å². The number of imidazole rings is 1. The van der Waals surface area contributed by atoms with Gasteiger partial charge in [0.05, 0.1) is 12.2 Å². The smallest absolute Gasteiger partial charge is 0.140 e. The lowest BCUT2D eigenvalue weighted by atomic mass is 10.1. The van der Waals surface area contributed by atoms with Crippen LogP contribution in [-0.4, -0.2) is 28.3 Å². The lowest BCUT2D eigenvalue weighted by molar-refractivity contribution is 0.960. The first kappa shape index (κ1) is 12.1. The highest BCUT2D eigenvalue weighted by Gasteiger charge is 2.09. The minimum absolute atomic E-state index is 0.864. The fourth-order valence-electron chi connectivity index (χ4n) is 2.68. The van der Waals surface area contributed by atoms with E-state index in [2.05, 4.69) is 58.2 Å². The Labute approximate surface area is 123 Å². The molecule has 0 saturated carbocycles. The van der Waals surface area contributed by atoms with Crippen LogP contribution in [0.25, 0.3) is 16.9 Å². The van der Waals surface area contributed by atoms with Gasteiger partial charge >= 0.3 is 0 Å². The van der Waals surface area contributed by atoms with E-state index in [1.807, 2.05) is 12.3 Å². The molecule has 3 heterocycles. The van der Waals surface area contributed by atoms with Gasteiger partial charge in [0.15, 0.2) is 0 Å². The van der Waals surface area contributed by atoms with E-state index in [0.717, 1.165) is 41.4 Å². The van der Waals surface area contributed by atoms with Gasteiger partial charge in [-0.15, -0.1) is 0 Å². The van der Waals surface area contributed by atoms with E-state index < -0.39 is 0 Å². The Kier molecular flexibility index (Phi) is 2.74. The summed E-state index contributed by atoms with van der Waals surface area (Å²) >= 11 is 0. The number of fused-ring (bicyclic) bond motifs is 1. The van der Waals surface area contributed by atoms with Gasteiger partial charge in [-0.1, -0.05) is 30.3 Å². The summed E-state index contributed by atoms with van der Waals surface area (Å²) in [6.45, 7) is 3.88. The van der Waals surface area contributed by atoms with Crippen molar-refractivity contribution in [2.75, 3.05) is 13.1 Å². The number of nitrogens with one attached hydrogen (secondary N) is 1. The Hall–Kier alpha value is -2.62. The van der Waals surface area contributed by atoms with Crippen LogP contribution < -0.4 is 5.32 Å². The average Bonchev–Trinajstić information content (AvgIpc) is 3.18. The normalized spacial score (nSPS) is 14.2. The minimum atomic E-state index is 0.864. The molecule has 4 rings (SSSR count). The fraction of sp³-hybridized carbons (Fsp3) is 0.176. The molecule has 0 bridgehead atoms. The van der Waals surface area contributed by atoms with Crippen LogP contribution in [0.1, 0.15) is 11.1 Å². The fourth-order valence-corrected chi connectivity index (χ4v) is 2.68. The highest BCUT2D eigenvalue weighted by molar-refractivity contribution is 6.00. The van der Waals surface area contributed by atoms with Crippen molar-refractivity contribution in [1.82, 2.24) is 14.7 Å². The third-order valence-electron chi connectivity index (χ3n) is 3.81. The van der Waals surface area contributed by atoms with E-state index in [0.29, 0.717) is 0 Å². The van der Waals surface area contributed by atoms with E-state index >= 15 is 0 Å². The Morgan fingerprint density at radius 2 is 1.90 bits per heavy atom. The van der Waals surface area contributed by atoms with Crippen molar-refractivity contribution in [3.63, 3.8) is 0 Å². The second-order valence-corrected chi connectivity index (χ2v) is 5.28. The van der Waals surface area contributed by atoms with Crippen LogP contribution in [-0.2, 0) is 0 Å². The number of rotatable bonds is 2. The third kappa shape index (κ3) is 2.09. The second-order valence-electron chi connectivity index (χ2n) is 5.28. The van der Waals surface area contributed by atoms with Crippen molar-refractivity contribution in [2.45, 2.75) is 6.92 Å². The van der Waals surface area contributed by atoms with Crippen LogP contribution >= 0.6 is 0 Å². The maximum Gasteiger partial charge on any atom is 0.140 e. The largest absolute Gasteiger partial charge is 0.368 e. The van der Waals surface area contributed by atoms with Gasteiger partial charge in [0.25, 0.3) is 0 Å². The lowest BCUT2D eigenvalue weighted by Crippen LogP contribution is -2.19. The molecule has 0 saturated heterocycles. The molecule has 21 heavy (non-hydrogen) atoms. The van der Waals surface area contributed by atoms with E-state index in [9.17, 15) is 0 Å². The molecule has 1 aliphatic heterocycles. The predicted molar refractivity (Wildman–Crippen MR) is 84.8 cm³/mol. The molecular weight excluding hydrogens is 260 g/mol. The van der Waals surface area contributed by atoms with E-state index in [1.165, 1.54) is 5.56 Å². The summed E-state index contributed by atoms with van der Waals surface area (Å²) in [5.74, 6) is 0.993. The SMILES string of the molecule is Cc1cccn2cc(-c3ccc(C4=NCCN4)cc3)nc12. The monoisotopic (exact) mass is 276 g/mol. The summed E-state index contributed by atoms with van der Waals surface area (Å²) < 4.78 is 2.07. The molecule has 3 aromatic rings. The number of hydrogen-bond donors (Lipinski definition) is 1. The van der Waals surface area contributed by atoms with Gasteiger partial charge in [-0.2, -0.15) is 0 Å². The topological polar surface area (TPSA) is 41.7 Å². The van der Waals surface area contributed by atoms with Crippen molar-refractivity contribution < 1.29 is 0 Å². The molecule has 0 atom stereocenters. The van der Waals surface area contributed by atoms with Gasteiger partial charge in [0, 0.05) is 30.1 Å². The number of amidine groups is 1. The molecule has 0 fully saturated rings. The molecule has 1 N–H and O–H groups in total. The highest BCUT2D eigenvalue weighted by atomic mass is 15.1. The molecule has 104 valence electrons. The predicted octanol–water partition coefficient (Wildman–Crippen LogP) is 2.66. The van der Waals surface area contributed by atoms with Crippen molar-refractivity contribution in [3.05, 3.63) is 59.9 Å². The molecule has 4 nitrogen and oxygen atoms in total. The average molecular weight is 276 g/mol. The van der Waals surface area contributed by atoms with Crippen LogP contribution in [0.3, 0.4) is 0 Å². The molecule has 1 aliphatic rings. The van der Waals surface area contributed by atoms with Crippen LogP contribution in [0, 0.1) is 6.92 Å². The first-order valence-corrected chi connectivity index (χ1v) is 7.15. The first-order valence-electron chi connectivity index (χ1n) is 7.15. The Morgan fingerprint density at radius 1 is 1.10 bits per heavy atom.